The first-order valence-corrected chi connectivity index (χ1v) is 9.56. The topological polar surface area (TPSA) is 63.4 Å². The predicted octanol–water partition coefficient (Wildman–Crippen LogP) is 4.18. The van der Waals surface area contributed by atoms with Gasteiger partial charge < -0.3 is 4.90 Å². The van der Waals surface area contributed by atoms with Crippen LogP contribution in [0.4, 0.5) is 0 Å². The summed E-state index contributed by atoms with van der Waals surface area (Å²) >= 11 is 6.32. The molecule has 0 unspecified atom stereocenters. The average Bonchev–Trinajstić information content (AvgIpc) is 3.18. The Kier molecular flexibility index (Phi) is 4.96. The fourth-order valence-electron chi connectivity index (χ4n) is 3.39. The van der Waals surface area contributed by atoms with Gasteiger partial charge in [-0.3, -0.25) is 4.79 Å². The van der Waals surface area contributed by atoms with E-state index in [1.807, 2.05) is 50.2 Å². The van der Waals surface area contributed by atoms with Crippen LogP contribution < -0.4 is 0 Å². The molecule has 0 saturated carbocycles. The van der Waals surface area contributed by atoms with Gasteiger partial charge >= 0.3 is 0 Å². The molecule has 2 aromatic carbocycles. The summed E-state index contributed by atoms with van der Waals surface area (Å²) in [5.74, 6) is 0.0508. The largest absolute Gasteiger partial charge is 0.334 e. The second-order valence-electron chi connectivity index (χ2n) is 6.84. The van der Waals surface area contributed by atoms with E-state index in [2.05, 4.69) is 27.7 Å². The molecule has 0 aliphatic rings. The summed E-state index contributed by atoms with van der Waals surface area (Å²) < 4.78 is 1.73. The zero-order chi connectivity index (χ0) is 19.7. The lowest BCUT2D eigenvalue weighted by Gasteiger charge is -2.23. The average molecular weight is 394 g/mol. The molecular formula is C21H20ClN5O. The minimum Gasteiger partial charge on any atom is -0.334 e. The van der Waals surface area contributed by atoms with Crippen molar-refractivity contribution in [2.24, 2.45) is 0 Å². The summed E-state index contributed by atoms with van der Waals surface area (Å²) in [6, 6.07) is 15.8. The highest BCUT2D eigenvalue weighted by molar-refractivity contribution is 6.31. The fraction of sp³-hybridized carbons (Fsp3) is 0.238. The number of nitrogens with zero attached hydrogens (tertiary/aromatic N) is 5. The maximum Gasteiger partial charge on any atom is 0.222 e. The van der Waals surface area contributed by atoms with Crippen LogP contribution in [-0.4, -0.2) is 30.8 Å². The van der Waals surface area contributed by atoms with Gasteiger partial charge in [-0.1, -0.05) is 48.4 Å². The van der Waals surface area contributed by atoms with Crippen molar-refractivity contribution in [2.75, 3.05) is 0 Å². The van der Waals surface area contributed by atoms with Gasteiger partial charge in [-0.2, -0.15) is 4.52 Å². The molecule has 0 spiro atoms. The van der Waals surface area contributed by atoms with Crippen LogP contribution >= 0.6 is 11.6 Å². The first-order chi connectivity index (χ1) is 13.6. The number of benzene rings is 2. The molecule has 28 heavy (non-hydrogen) atoms. The van der Waals surface area contributed by atoms with Crippen LogP contribution in [0.1, 0.15) is 30.0 Å². The zero-order valence-corrected chi connectivity index (χ0v) is 16.5. The van der Waals surface area contributed by atoms with Gasteiger partial charge in [0, 0.05) is 35.5 Å². The lowest BCUT2D eigenvalue weighted by Crippen LogP contribution is -2.29. The first kappa shape index (κ1) is 18.4. The van der Waals surface area contributed by atoms with Crippen LogP contribution in [-0.2, 0) is 17.9 Å². The Hall–Kier alpha value is -2.99. The van der Waals surface area contributed by atoms with Gasteiger partial charge in [-0.05, 0) is 47.2 Å². The Balaban J connectivity index is 1.77. The Labute approximate surface area is 167 Å². The smallest absolute Gasteiger partial charge is 0.222 e. The van der Waals surface area contributed by atoms with E-state index < -0.39 is 0 Å². The fourth-order valence-corrected chi connectivity index (χ4v) is 3.59. The molecule has 6 nitrogen and oxygen atoms in total. The van der Waals surface area contributed by atoms with Gasteiger partial charge in [-0.25, -0.2) is 0 Å². The summed E-state index contributed by atoms with van der Waals surface area (Å²) in [6.07, 6.45) is 0.415. The number of hydrogen-bond acceptors (Lipinski definition) is 4. The number of carbonyl (C=O) groups is 1. The van der Waals surface area contributed by atoms with Gasteiger partial charge in [0.1, 0.15) is 0 Å². The SMILES string of the molecule is CCC(=O)N(Cc1ccccc1Cl)Cc1cc2cc(C)ccc2n2nnnc12. The number of tetrazole rings is 1. The number of amides is 1. The number of hydrogen-bond donors (Lipinski definition) is 0. The molecule has 0 N–H and O–H groups in total. The Morgan fingerprint density at radius 1 is 1.11 bits per heavy atom. The number of halogens is 1. The number of pyridine rings is 1. The third-order valence-corrected chi connectivity index (χ3v) is 5.20. The molecule has 1 amide bonds. The number of carbonyl (C=O) groups excluding carboxylic acids is 1. The molecule has 0 atom stereocenters. The normalized spacial score (nSPS) is 11.2. The molecular weight excluding hydrogens is 374 g/mol. The minimum absolute atomic E-state index is 0.0508. The van der Waals surface area contributed by atoms with Crippen LogP contribution in [0.25, 0.3) is 16.6 Å². The molecule has 0 bridgehead atoms. The van der Waals surface area contributed by atoms with Crippen LogP contribution in [0.2, 0.25) is 5.02 Å². The van der Waals surface area contributed by atoms with Crippen molar-refractivity contribution in [3.8, 4) is 0 Å². The van der Waals surface area contributed by atoms with Crippen LogP contribution in [0, 0.1) is 6.92 Å². The van der Waals surface area contributed by atoms with Gasteiger partial charge in [0.15, 0.2) is 5.65 Å². The third kappa shape index (κ3) is 3.43. The quantitative estimate of drug-likeness (QED) is 0.510. The number of fused-ring (bicyclic) bond motifs is 3. The number of rotatable bonds is 5. The van der Waals surface area contributed by atoms with E-state index in [-0.39, 0.29) is 5.91 Å². The summed E-state index contributed by atoms with van der Waals surface area (Å²) in [6.45, 7) is 4.75. The van der Waals surface area contributed by atoms with E-state index in [4.69, 9.17) is 11.6 Å². The van der Waals surface area contributed by atoms with Crippen molar-refractivity contribution >= 4 is 34.1 Å². The van der Waals surface area contributed by atoms with Crippen molar-refractivity contribution in [1.82, 2.24) is 24.9 Å². The third-order valence-electron chi connectivity index (χ3n) is 4.83. The molecule has 0 saturated heterocycles. The molecule has 4 rings (SSSR count). The molecule has 0 aliphatic carbocycles. The second-order valence-corrected chi connectivity index (χ2v) is 7.25. The van der Waals surface area contributed by atoms with Crippen molar-refractivity contribution in [3.05, 3.63) is 70.2 Å². The van der Waals surface area contributed by atoms with Crippen molar-refractivity contribution in [1.29, 1.82) is 0 Å². The van der Waals surface area contributed by atoms with Crippen molar-refractivity contribution in [3.63, 3.8) is 0 Å². The van der Waals surface area contributed by atoms with E-state index in [1.54, 1.807) is 9.42 Å². The molecule has 2 aromatic heterocycles. The first-order valence-electron chi connectivity index (χ1n) is 9.18. The van der Waals surface area contributed by atoms with Crippen LogP contribution in [0.3, 0.4) is 0 Å². The Morgan fingerprint density at radius 3 is 2.68 bits per heavy atom. The summed E-state index contributed by atoms with van der Waals surface area (Å²) in [4.78, 5) is 14.4. The summed E-state index contributed by atoms with van der Waals surface area (Å²) in [5, 5.41) is 13.9. The molecule has 142 valence electrons. The lowest BCUT2D eigenvalue weighted by atomic mass is 10.1. The van der Waals surface area contributed by atoms with Gasteiger partial charge in [0.25, 0.3) is 0 Å². The number of aryl methyl sites for hydroxylation is 1. The van der Waals surface area contributed by atoms with Gasteiger partial charge in [0.2, 0.25) is 5.91 Å². The standard InChI is InChI=1S/C21H20ClN5O/c1-3-20(28)26(12-15-6-4-5-7-18(15)22)13-17-11-16-10-14(2)8-9-19(16)27-21(17)23-24-25-27/h4-11H,3,12-13H2,1-2H3. The predicted molar refractivity (Wildman–Crippen MR) is 109 cm³/mol. The van der Waals surface area contributed by atoms with E-state index in [9.17, 15) is 4.79 Å². The van der Waals surface area contributed by atoms with E-state index in [1.165, 1.54) is 0 Å². The second kappa shape index (κ2) is 7.56. The monoisotopic (exact) mass is 393 g/mol. The summed E-state index contributed by atoms with van der Waals surface area (Å²) in [7, 11) is 0. The number of aromatic nitrogens is 4. The lowest BCUT2D eigenvalue weighted by molar-refractivity contribution is -0.132. The van der Waals surface area contributed by atoms with E-state index >= 15 is 0 Å². The Morgan fingerprint density at radius 2 is 1.89 bits per heavy atom. The van der Waals surface area contributed by atoms with Crippen molar-refractivity contribution in [2.45, 2.75) is 33.4 Å². The van der Waals surface area contributed by atoms with Crippen LogP contribution in [0.5, 0.6) is 0 Å². The molecule has 4 aromatic rings. The highest BCUT2D eigenvalue weighted by Crippen LogP contribution is 2.24. The highest BCUT2D eigenvalue weighted by Gasteiger charge is 2.18. The van der Waals surface area contributed by atoms with E-state index in [0.717, 1.165) is 27.6 Å². The highest BCUT2D eigenvalue weighted by atomic mass is 35.5. The van der Waals surface area contributed by atoms with Gasteiger partial charge in [0.05, 0.1) is 5.52 Å². The van der Waals surface area contributed by atoms with E-state index in [0.29, 0.717) is 30.2 Å². The van der Waals surface area contributed by atoms with Crippen LogP contribution in [0.15, 0.2) is 48.5 Å². The molecule has 0 radical (unpaired) electrons. The maximum atomic E-state index is 12.6. The molecule has 2 heterocycles. The van der Waals surface area contributed by atoms with Gasteiger partial charge in [-0.15, -0.1) is 5.10 Å². The van der Waals surface area contributed by atoms with Crippen molar-refractivity contribution < 1.29 is 4.79 Å². The Bertz CT molecular complexity index is 1170. The molecule has 0 aliphatic heterocycles. The zero-order valence-electron chi connectivity index (χ0n) is 15.8. The molecule has 0 fully saturated rings. The molecule has 7 heteroatoms. The summed E-state index contributed by atoms with van der Waals surface area (Å²) in [5.41, 5.74) is 4.57. The minimum atomic E-state index is 0.0508. The maximum absolute atomic E-state index is 12.6.